The van der Waals surface area contributed by atoms with E-state index in [1.165, 1.54) is 0 Å². The van der Waals surface area contributed by atoms with Crippen molar-refractivity contribution in [2.45, 2.75) is 40.0 Å². The molecule has 0 saturated carbocycles. The number of allylic oxidation sites excluding steroid dienone is 1. The van der Waals surface area contributed by atoms with Crippen LogP contribution in [0.5, 0.6) is 0 Å². The van der Waals surface area contributed by atoms with Crippen molar-refractivity contribution in [2.24, 2.45) is 0 Å². The number of ether oxygens (including phenoxy) is 1. The standard InChI is InChI=1S/C6H12O2.C4H8/c1-3-5-6(7)8-4-2;1-3-4-2/h3-5H2,1-2H3;3H,1,4H2,2H3. The number of hydrogen-bond donors (Lipinski definition) is 0. The quantitative estimate of drug-likeness (QED) is 0.481. The Morgan fingerprint density at radius 3 is 2.17 bits per heavy atom. The monoisotopic (exact) mass is 172 g/mol. The van der Waals surface area contributed by atoms with Gasteiger partial charge in [-0.25, -0.2) is 0 Å². The van der Waals surface area contributed by atoms with Gasteiger partial charge in [0.05, 0.1) is 6.61 Å². The normalized spacial score (nSPS) is 7.92. The summed E-state index contributed by atoms with van der Waals surface area (Å²) >= 11 is 0. The lowest BCUT2D eigenvalue weighted by atomic mass is 10.3. The molecule has 72 valence electrons. The zero-order chi connectivity index (χ0) is 9.82. The van der Waals surface area contributed by atoms with E-state index in [0.717, 1.165) is 12.8 Å². The second-order valence-corrected chi connectivity index (χ2v) is 2.25. The van der Waals surface area contributed by atoms with Crippen LogP contribution in [0.3, 0.4) is 0 Å². The predicted octanol–water partition coefficient (Wildman–Crippen LogP) is 2.93. The lowest BCUT2D eigenvalue weighted by Crippen LogP contribution is -2.01. The Hall–Kier alpha value is -0.790. The molecule has 0 spiro atoms. The van der Waals surface area contributed by atoms with Crippen molar-refractivity contribution in [1.29, 1.82) is 0 Å². The molecule has 0 aromatic heterocycles. The summed E-state index contributed by atoms with van der Waals surface area (Å²) in [5.41, 5.74) is 0. The lowest BCUT2D eigenvalue weighted by molar-refractivity contribution is -0.143. The summed E-state index contributed by atoms with van der Waals surface area (Å²) < 4.78 is 4.64. The fourth-order valence-corrected chi connectivity index (χ4v) is 0.437. The summed E-state index contributed by atoms with van der Waals surface area (Å²) in [7, 11) is 0. The molecule has 0 N–H and O–H groups in total. The zero-order valence-electron chi connectivity index (χ0n) is 8.43. The maximum absolute atomic E-state index is 10.4. The second-order valence-electron chi connectivity index (χ2n) is 2.25. The summed E-state index contributed by atoms with van der Waals surface area (Å²) in [5.74, 6) is -0.0880. The van der Waals surface area contributed by atoms with Crippen LogP contribution < -0.4 is 0 Å². The van der Waals surface area contributed by atoms with Crippen LogP contribution in [0.15, 0.2) is 12.7 Å². The largest absolute Gasteiger partial charge is 0.466 e. The van der Waals surface area contributed by atoms with E-state index in [1.54, 1.807) is 0 Å². The van der Waals surface area contributed by atoms with E-state index in [4.69, 9.17) is 0 Å². The Morgan fingerprint density at radius 2 is 1.92 bits per heavy atom. The third-order valence-electron chi connectivity index (χ3n) is 1.05. The van der Waals surface area contributed by atoms with Gasteiger partial charge < -0.3 is 4.74 Å². The van der Waals surface area contributed by atoms with E-state index in [1.807, 2.05) is 19.9 Å². The average Bonchev–Trinajstić information content (AvgIpc) is 2.06. The van der Waals surface area contributed by atoms with Crippen molar-refractivity contribution in [3.8, 4) is 0 Å². The molecule has 0 amide bonds. The van der Waals surface area contributed by atoms with Gasteiger partial charge in [0.25, 0.3) is 0 Å². The molecule has 0 bridgehead atoms. The van der Waals surface area contributed by atoms with Crippen LogP contribution in [0.4, 0.5) is 0 Å². The molecule has 0 unspecified atom stereocenters. The van der Waals surface area contributed by atoms with Gasteiger partial charge in [0.1, 0.15) is 0 Å². The van der Waals surface area contributed by atoms with E-state index < -0.39 is 0 Å². The number of carbonyl (C=O) groups excluding carboxylic acids is 1. The van der Waals surface area contributed by atoms with Crippen LogP contribution in [0.1, 0.15) is 40.0 Å². The number of carbonyl (C=O) groups is 1. The molecular formula is C10H20O2. The summed E-state index contributed by atoms with van der Waals surface area (Å²) in [6.45, 7) is 9.81. The SMILES string of the molecule is C=CCC.CCCC(=O)OCC. The Labute approximate surface area is 75.6 Å². The molecule has 0 aromatic rings. The van der Waals surface area contributed by atoms with Gasteiger partial charge in [0.15, 0.2) is 0 Å². The van der Waals surface area contributed by atoms with Crippen molar-refractivity contribution < 1.29 is 9.53 Å². The van der Waals surface area contributed by atoms with Crippen molar-refractivity contribution in [1.82, 2.24) is 0 Å². The highest BCUT2D eigenvalue weighted by Crippen LogP contribution is 1.89. The van der Waals surface area contributed by atoms with Crippen LogP contribution in [0.25, 0.3) is 0 Å². The highest BCUT2D eigenvalue weighted by molar-refractivity contribution is 5.69. The highest BCUT2D eigenvalue weighted by atomic mass is 16.5. The molecule has 0 rings (SSSR count). The predicted molar refractivity (Wildman–Crippen MR) is 52.0 cm³/mol. The maximum atomic E-state index is 10.4. The average molecular weight is 172 g/mol. The van der Waals surface area contributed by atoms with E-state index in [9.17, 15) is 4.79 Å². The Balaban J connectivity index is 0. The van der Waals surface area contributed by atoms with Crippen molar-refractivity contribution >= 4 is 5.97 Å². The van der Waals surface area contributed by atoms with Gasteiger partial charge in [0, 0.05) is 6.42 Å². The van der Waals surface area contributed by atoms with Gasteiger partial charge in [-0.1, -0.05) is 19.9 Å². The van der Waals surface area contributed by atoms with Gasteiger partial charge in [0.2, 0.25) is 0 Å². The minimum atomic E-state index is -0.0880. The topological polar surface area (TPSA) is 26.3 Å². The zero-order valence-corrected chi connectivity index (χ0v) is 8.43. The van der Waals surface area contributed by atoms with Crippen LogP contribution >= 0.6 is 0 Å². The third kappa shape index (κ3) is 16.1. The third-order valence-corrected chi connectivity index (χ3v) is 1.05. The molecule has 0 aliphatic carbocycles. The molecule has 12 heavy (non-hydrogen) atoms. The Kier molecular flexibility index (Phi) is 14.8. The molecular weight excluding hydrogens is 152 g/mol. The molecule has 0 radical (unpaired) electrons. The summed E-state index contributed by atoms with van der Waals surface area (Å²) in [6.07, 6.45) is 4.38. The van der Waals surface area contributed by atoms with Crippen LogP contribution in [0.2, 0.25) is 0 Å². The minimum absolute atomic E-state index is 0.0880. The van der Waals surface area contributed by atoms with Crippen molar-refractivity contribution in [3.05, 3.63) is 12.7 Å². The van der Waals surface area contributed by atoms with E-state index in [0.29, 0.717) is 13.0 Å². The Morgan fingerprint density at radius 1 is 1.42 bits per heavy atom. The molecule has 2 heteroatoms. The minimum Gasteiger partial charge on any atom is -0.466 e. The highest BCUT2D eigenvalue weighted by Gasteiger charge is 1.95. The summed E-state index contributed by atoms with van der Waals surface area (Å²) in [6, 6.07) is 0. The molecule has 0 heterocycles. The van der Waals surface area contributed by atoms with Gasteiger partial charge in [-0.2, -0.15) is 0 Å². The molecule has 0 atom stereocenters. The maximum Gasteiger partial charge on any atom is 0.305 e. The first-order valence-corrected chi connectivity index (χ1v) is 4.49. The molecule has 0 aliphatic rings. The number of hydrogen-bond acceptors (Lipinski definition) is 2. The summed E-state index contributed by atoms with van der Waals surface area (Å²) in [5, 5.41) is 0. The van der Waals surface area contributed by atoms with Gasteiger partial charge >= 0.3 is 5.97 Å². The van der Waals surface area contributed by atoms with Crippen molar-refractivity contribution in [2.75, 3.05) is 6.61 Å². The first kappa shape index (κ1) is 13.8. The number of esters is 1. The van der Waals surface area contributed by atoms with Crippen LogP contribution in [0, 0.1) is 0 Å². The Bertz CT molecular complexity index is 100. The van der Waals surface area contributed by atoms with E-state index in [2.05, 4.69) is 18.2 Å². The fraction of sp³-hybridized carbons (Fsp3) is 0.700. The molecule has 0 fully saturated rings. The fourth-order valence-electron chi connectivity index (χ4n) is 0.437. The van der Waals surface area contributed by atoms with Gasteiger partial charge in [-0.05, 0) is 19.8 Å². The van der Waals surface area contributed by atoms with Gasteiger partial charge in [-0.15, -0.1) is 6.58 Å². The first-order valence-electron chi connectivity index (χ1n) is 4.49. The molecule has 0 aliphatic heterocycles. The van der Waals surface area contributed by atoms with Crippen LogP contribution in [-0.4, -0.2) is 12.6 Å². The lowest BCUT2D eigenvalue weighted by Gasteiger charge is -1.96. The van der Waals surface area contributed by atoms with E-state index >= 15 is 0 Å². The number of rotatable bonds is 4. The van der Waals surface area contributed by atoms with Gasteiger partial charge in [-0.3, -0.25) is 4.79 Å². The molecule has 0 aromatic carbocycles. The van der Waals surface area contributed by atoms with Crippen LogP contribution in [-0.2, 0) is 9.53 Å². The second kappa shape index (κ2) is 12.8. The smallest absolute Gasteiger partial charge is 0.305 e. The summed E-state index contributed by atoms with van der Waals surface area (Å²) in [4.78, 5) is 10.4. The molecule has 2 nitrogen and oxygen atoms in total. The first-order chi connectivity index (χ1) is 5.72. The molecule has 0 saturated heterocycles. The van der Waals surface area contributed by atoms with Crippen molar-refractivity contribution in [3.63, 3.8) is 0 Å². The van der Waals surface area contributed by atoms with E-state index in [-0.39, 0.29) is 5.97 Å².